The van der Waals surface area contributed by atoms with Gasteiger partial charge in [0, 0.05) is 5.56 Å². The molecule has 0 fully saturated rings. The van der Waals surface area contributed by atoms with Crippen LogP contribution in [0, 0.1) is 0 Å². The van der Waals surface area contributed by atoms with E-state index in [0.29, 0.717) is 28.7 Å². The molecule has 26 heavy (non-hydrogen) atoms. The maximum absolute atomic E-state index is 12.0. The molecule has 138 valence electrons. The number of methoxy groups -OCH3 is 2. The van der Waals surface area contributed by atoms with Crippen LogP contribution in [0.1, 0.15) is 30.9 Å². The first-order valence-corrected chi connectivity index (χ1v) is 8.31. The first kappa shape index (κ1) is 19.3. The molecule has 0 aliphatic rings. The van der Waals surface area contributed by atoms with Crippen molar-refractivity contribution in [3.63, 3.8) is 0 Å². The van der Waals surface area contributed by atoms with E-state index >= 15 is 0 Å². The van der Waals surface area contributed by atoms with Crippen molar-refractivity contribution in [2.75, 3.05) is 20.8 Å². The van der Waals surface area contributed by atoms with Crippen molar-refractivity contribution < 1.29 is 19.0 Å². The molecule has 0 spiro atoms. The topological polar surface area (TPSA) is 69.2 Å². The van der Waals surface area contributed by atoms with Crippen LogP contribution in [0.5, 0.6) is 17.2 Å². The number of carbonyl (C=O) groups excluding carboxylic acids is 1. The Balaban J connectivity index is 1.95. The van der Waals surface area contributed by atoms with Crippen LogP contribution in [0.2, 0.25) is 0 Å². The Morgan fingerprint density at radius 1 is 1.08 bits per heavy atom. The molecule has 0 unspecified atom stereocenters. The van der Waals surface area contributed by atoms with Crippen molar-refractivity contribution in [2.45, 2.75) is 19.8 Å². The number of carbonyl (C=O) groups is 1. The SMILES string of the molecule is COc1cccc(/C=N/NC(=O)COc2ccccc2C(C)C)c1OC. The van der Waals surface area contributed by atoms with Gasteiger partial charge in [0.25, 0.3) is 5.91 Å². The van der Waals surface area contributed by atoms with Gasteiger partial charge in [0.05, 0.1) is 20.4 Å². The van der Waals surface area contributed by atoms with Crippen LogP contribution >= 0.6 is 0 Å². The molecular formula is C20H24N2O4. The number of hydrazone groups is 1. The summed E-state index contributed by atoms with van der Waals surface area (Å²) in [7, 11) is 3.11. The van der Waals surface area contributed by atoms with E-state index in [2.05, 4.69) is 24.4 Å². The van der Waals surface area contributed by atoms with Crippen molar-refractivity contribution in [3.8, 4) is 17.2 Å². The monoisotopic (exact) mass is 356 g/mol. The Kier molecular flexibility index (Phi) is 7.02. The number of para-hydroxylation sites is 2. The number of rotatable bonds is 8. The van der Waals surface area contributed by atoms with Gasteiger partial charge in [-0.05, 0) is 29.7 Å². The number of ether oxygens (including phenoxy) is 3. The van der Waals surface area contributed by atoms with Gasteiger partial charge in [0.1, 0.15) is 5.75 Å². The Morgan fingerprint density at radius 2 is 1.81 bits per heavy atom. The van der Waals surface area contributed by atoms with Crippen LogP contribution in [-0.2, 0) is 4.79 Å². The van der Waals surface area contributed by atoms with Crippen molar-refractivity contribution in [3.05, 3.63) is 53.6 Å². The lowest BCUT2D eigenvalue weighted by Crippen LogP contribution is -2.25. The Bertz CT molecular complexity index is 772. The molecule has 0 bridgehead atoms. The quantitative estimate of drug-likeness (QED) is 0.582. The second-order valence-corrected chi connectivity index (χ2v) is 5.86. The highest BCUT2D eigenvalue weighted by molar-refractivity contribution is 5.86. The zero-order valence-corrected chi connectivity index (χ0v) is 15.5. The summed E-state index contributed by atoms with van der Waals surface area (Å²) in [6.45, 7) is 4.04. The molecule has 0 saturated carbocycles. The highest BCUT2D eigenvalue weighted by atomic mass is 16.5. The van der Waals surface area contributed by atoms with Crippen LogP contribution in [0.25, 0.3) is 0 Å². The number of amides is 1. The fourth-order valence-corrected chi connectivity index (χ4v) is 2.45. The van der Waals surface area contributed by atoms with E-state index in [-0.39, 0.29) is 12.5 Å². The highest BCUT2D eigenvalue weighted by Crippen LogP contribution is 2.29. The lowest BCUT2D eigenvalue weighted by Gasteiger charge is -2.13. The number of nitrogens with one attached hydrogen (secondary N) is 1. The average Bonchev–Trinajstić information content (AvgIpc) is 2.66. The van der Waals surface area contributed by atoms with E-state index in [9.17, 15) is 4.79 Å². The van der Waals surface area contributed by atoms with Gasteiger partial charge in [-0.1, -0.05) is 38.1 Å². The lowest BCUT2D eigenvalue weighted by molar-refractivity contribution is -0.123. The zero-order valence-electron chi connectivity index (χ0n) is 15.5. The summed E-state index contributed by atoms with van der Waals surface area (Å²) >= 11 is 0. The first-order valence-electron chi connectivity index (χ1n) is 8.31. The molecule has 0 heterocycles. The summed E-state index contributed by atoms with van der Waals surface area (Å²) in [5, 5.41) is 3.96. The summed E-state index contributed by atoms with van der Waals surface area (Å²) in [6, 6.07) is 13.1. The molecule has 0 atom stereocenters. The molecule has 0 aromatic heterocycles. The molecule has 2 aromatic carbocycles. The minimum Gasteiger partial charge on any atom is -0.493 e. The summed E-state index contributed by atoms with van der Waals surface area (Å²) in [5.41, 5.74) is 4.20. The lowest BCUT2D eigenvalue weighted by atomic mass is 10.0. The minimum absolute atomic E-state index is 0.115. The van der Waals surface area contributed by atoms with Gasteiger partial charge in [0.15, 0.2) is 18.1 Å². The van der Waals surface area contributed by atoms with Crippen molar-refractivity contribution in [1.29, 1.82) is 0 Å². The third-order valence-electron chi connectivity index (χ3n) is 3.73. The Hall–Kier alpha value is -3.02. The van der Waals surface area contributed by atoms with Crippen LogP contribution in [0.4, 0.5) is 0 Å². The second-order valence-electron chi connectivity index (χ2n) is 5.86. The first-order chi connectivity index (χ1) is 12.6. The van der Waals surface area contributed by atoms with Gasteiger partial charge in [-0.2, -0.15) is 5.10 Å². The van der Waals surface area contributed by atoms with E-state index in [0.717, 1.165) is 5.56 Å². The number of hydrogen-bond donors (Lipinski definition) is 1. The molecule has 0 aliphatic heterocycles. The van der Waals surface area contributed by atoms with E-state index in [1.54, 1.807) is 20.3 Å². The second kappa shape index (κ2) is 9.46. The molecule has 6 heteroatoms. The third-order valence-corrected chi connectivity index (χ3v) is 3.73. The van der Waals surface area contributed by atoms with Gasteiger partial charge in [0.2, 0.25) is 0 Å². The Morgan fingerprint density at radius 3 is 2.50 bits per heavy atom. The molecule has 1 N–H and O–H groups in total. The van der Waals surface area contributed by atoms with Crippen molar-refractivity contribution in [1.82, 2.24) is 5.43 Å². The average molecular weight is 356 g/mol. The smallest absolute Gasteiger partial charge is 0.277 e. The van der Waals surface area contributed by atoms with Gasteiger partial charge in [-0.25, -0.2) is 5.43 Å². The van der Waals surface area contributed by atoms with Crippen LogP contribution in [-0.4, -0.2) is 32.9 Å². The molecule has 2 rings (SSSR count). The molecular weight excluding hydrogens is 332 g/mol. The van der Waals surface area contributed by atoms with E-state index in [1.165, 1.54) is 6.21 Å². The summed E-state index contributed by atoms with van der Waals surface area (Å²) in [4.78, 5) is 12.0. The molecule has 2 aromatic rings. The third kappa shape index (κ3) is 4.99. The number of nitrogens with zero attached hydrogens (tertiary/aromatic N) is 1. The Labute approximate surface area is 153 Å². The van der Waals surface area contributed by atoms with E-state index in [1.807, 2.05) is 36.4 Å². The van der Waals surface area contributed by atoms with Gasteiger partial charge < -0.3 is 14.2 Å². The fraction of sp³-hybridized carbons (Fsp3) is 0.300. The summed E-state index contributed by atoms with van der Waals surface area (Å²) in [5.74, 6) is 1.82. The van der Waals surface area contributed by atoms with E-state index in [4.69, 9.17) is 14.2 Å². The number of hydrogen-bond acceptors (Lipinski definition) is 5. The van der Waals surface area contributed by atoms with E-state index < -0.39 is 0 Å². The molecule has 6 nitrogen and oxygen atoms in total. The van der Waals surface area contributed by atoms with Crippen molar-refractivity contribution in [2.24, 2.45) is 5.10 Å². The highest BCUT2D eigenvalue weighted by Gasteiger charge is 2.10. The largest absolute Gasteiger partial charge is 0.493 e. The van der Waals surface area contributed by atoms with Crippen LogP contribution < -0.4 is 19.6 Å². The van der Waals surface area contributed by atoms with Gasteiger partial charge >= 0.3 is 0 Å². The van der Waals surface area contributed by atoms with Gasteiger partial charge in [-0.15, -0.1) is 0 Å². The maximum Gasteiger partial charge on any atom is 0.277 e. The normalized spacial score (nSPS) is 10.8. The fourth-order valence-electron chi connectivity index (χ4n) is 2.45. The predicted molar refractivity (Wildman–Crippen MR) is 101 cm³/mol. The molecule has 0 radical (unpaired) electrons. The predicted octanol–water partition coefficient (Wildman–Crippen LogP) is 3.36. The molecule has 0 saturated heterocycles. The summed E-state index contributed by atoms with van der Waals surface area (Å²) in [6.07, 6.45) is 1.50. The van der Waals surface area contributed by atoms with Crippen LogP contribution in [0.15, 0.2) is 47.6 Å². The molecule has 0 aliphatic carbocycles. The van der Waals surface area contributed by atoms with Gasteiger partial charge in [-0.3, -0.25) is 4.79 Å². The maximum atomic E-state index is 12.0. The van der Waals surface area contributed by atoms with Crippen LogP contribution in [0.3, 0.4) is 0 Å². The standard InChI is InChI=1S/C20H24N2O4/c1-14(2)16-9-5-6-10-17(16)26-13-19(23)22-21-12-15-8-7-11-18(24-3)20(15)25-4/h5-12,14H,13H2,1-4H3,(H,22,23)/b21-12+. The van der Waals surface area contributed by atoms with Crippen molar-refractivity contribution >= 4 is 12.1 Å². The number of benzene rings is 2. The zero-order chi connectivity index (χ0) is 18.9. The molecule has 1 amide bonds. The minimum atomic E-state index is -0.346. The summed E-state index contributed by atoms with van der Waals surface area (Å²) < 4.78 is 16.2.